The number of nitrogens with two attached hydrogens (primary N) is 1. The van der Waals surface area contributed by atoms with Crippen molar-refractivity contribution in [3.63, 3.8) is 0 Å². The molecule has 90 valence electrons. The van der Waals surface area contributed by atoms with Crippen LogP contribution in [0.2, 0.25) is 0 Å². The van der Waals surface area contributed by atoms with Crippen molar-refractivity contribution >= 4 is 5.91 Å². The molecule has 0 saturated carbocycles. The van der Waals surface area contributed by atoms with Gasteiger partial charge in [-0.15, -0.1) is 0 Å². The van der Waals surface area contributed by atoms with Gasteiger partial charge in [-0.3, -0.25) is 9.48 Å². The van der Waals surface area contributed by atoms with Crippen molar-refractivity contribution in [1.82, 2.24) is 9.78 Å². The smallest absolute Gasteiger partial charge is 0.364 e. The number of aryl methyl sites for hydroxylation is 1. The lowest BCUT2D eigenvalue weighted by molar-refractivity contribution is -0.141. The Balaban J connectivity index is 3.05. The van der Waals surface area contributed by atoms with Gasteiger partial charge in [-0.1, -0.05) is 13.3 Å². The molecule has 7 heteroatoms. The number of aromatic nitrogens is 2. The lowest BCUT2D eigenvalue weighted by Gasteiger charge is -2.03. The molecule has 0 aliphatic rings. The molecule has 0 unspecified atom stereocenters. The van der Waals surface area contributed by atoms with Gasteiger partial charge < -0.3 is 5.73 Å². The molecule has 1 amide bonds. The number of nitrogens with zero attached hydrogens (tertiary/aromatic N) is 2. The fourth-order valence-electron chi connectivity index (χ4n) is 1.23. The summed E-state index contributed by atoms with van der Waals surface area (Å²) in [5.41, 5.74) is 3.68. The van der Waals surface area contributed by atoms with Gasteiger partial charge in [0.05, 0.1) is 0 Å². The Bertz CT molecular complexity index is 384. The summed E-state index contributed by atoms with van der Waals surface area (Å²) in [6.07, 6.45) is -3.12. The first-order valence-corrected chi connectivity index (χ1v) is 4.81. The number of amides is 1. The first-order chi connectivity index (χ1) is 7.36. The molecule has 0 saturated heterocycles. The zero-order valence-corrected chi connectivity index (χ0v) is 8.71. The van der Waals surface area contributed by atoms with E-state index < -0.39 is 17.8 Å². The highest BCUT2D eigenvalue weighted by molar-refractivity contribution is 5.91. The van der Waals surface area contributed by atoms with Crippen LogP contribution in [-0.2, 0) is 12.7 Å². The molecule has 0 radical (unpaired) electrons. The minimum absolute atomic E-state index is 0.208. The molecular formula is C9H12F3N3O. The average molecular weight is 235 g/mol. The highest BCUT2D eigenvalue weighted by atomic mass is 19.4. The molecule has 0 atom stereocenters. The van der Waals surface area contributed by atoms with Crippen molar-refractivity contribution < 1.29 is 18.0 Å². The van der Waals surface area contributed by atoms with Gasteiger partial charge in [0.15, 0.2) is 5.69 Å². The first kappa shape index (κ1) is 12.5. The molecule has 1 rings (SSSR count). The molecule has 4 nitrogen and oxygen atoms in total. The summed E-state index contributed by atoms with van der Waals surface area (Å²) < 4.78 is 38.0. The molecule has 0 fully saturated rings. The number of rotatable bonds is 4. The van der Waals surface area contributed by atoms with E-state index in [0.29, 0.717) is 12.5 Å². The number of hydrogen-bond donors (Lipinski definition) is 1. The van der Waals surface area contributed by atoms with Crippen molar-refractivity contribution in [3.05, 3.63) is 17.5 Å². The van der Waals surface area contributed by atoms with E-state index in [0.717, 1.165) is 11.1 Å². The van der Waals surface area contributed by atoms with Crippen molar-refractivity contribution in [2.75, 3.05) is 0 Å². The van der Waals surface area contributed by atoms with Crippen LogP contribution in [0.5, 0.6) is 0 Å². The Labute approximate surface area is 90.2 Å². The zero-order valence-electron chi connectivity index (χ0n) is 8.71. The van der Waals surface area contributed by atoms with Gasteiger partial charge in [0.25, 0.3) is 5.91 Å². The molecule has 1 aromatic rings. The SMILES string of the molecule is CCCCn1nc(C(F)(F)F)cc1C(N)=O. The number of primary amides is 1. The minimum atomic E-state index is -4.55. The Morgan fingerprint density at radius 3 is 2.62 bits per heavy atom. The maximum absolute atomic E-state index is 12.3. The predicted molar refractivity (Wildman–Crippen MR) is 50.7 cm³/mol. The number of alkyl halides is 3. The van der Waals surface area contributed by atoms with Crippen molar-refractivity contribution in [2.45, 2.75) is 32.5 Å². The van der Waals surface area contributed by atoms with Crippen LogP contribution in [0.3, 0.4) is 0 Å². The van der Waals surface area contributed by atoms with Gasteiger partial charge in [-0.2, -0.15) is 18.3 Å². The highest BCUT2D eigenvalue weighted by Gasteiger charge is 2.35. The van der Waals surface area contributed by atoms with Crippen molar-refractivity contribution in [2.24, 2.45) is 5.73 Å². The maximum Gasteiger partial charge on any atom is 0.435 e. The van der Waals surface area contributed by atoms with Crippen LogP contribution in [0.4, 0.5) is 13.2 Å². The second kappa shape index (κ2) is 4.54. The standard InChI is InChI=1S/C9H12F3N3O/c1-2-3-4-15-6(8(13)16)5-7(14-15)9(10,11)12/h5H,2-4H2,1H3,(H2,13,16). The Morgan fingerprint density at radius 1 is 1.56 bits per heavy atom. The summed E-state index contributed by atoms with van der Waals surface area (Å²) in [6, 6.07) is 0.679. The fourth-order valence-corrected chi connectivity index (χ4v) is 1.23. The van der Waals surface area contributed by atoms with Gasteiger partial charge >= 0.3 is 6.18 Å². The third-order valence-electron chi connectivity index (χ3n) is 2.05. The molecule has 0 bridgehead atoms. The molecule has 2 N–H and O–H groups in total. The summed E-state index contributed by atoms with van der Waals surface area (Å²) in [7, 11) is 0. The van der Waals surface area contributed by atoms with Crippen LogP contribution < -0.4 is 5.73 Å². The number of carbonyl (C=O) groups excluding carboxylic acids is 1. The lowest BCUT2D eigenvalue weighted by atomic mass is 10.3. The predicted octanol–water partition coefficient (Wildman–Crippen LogP) is 1.80. The fraction of sp³-hybridized carbons (Fsp3) is 0.556. The third-order valence-corrected chi connectivity index (χ3v) is 2.05. The van der Waals surface area contributed by atoms with Crippen LogP contribution in [-0.4, -0.2) is 15.7 Å². The monoisotopic (exact) mass is 235 g/mol. The molecule has 1 aromatic heterocycles. The Hall–Kier alpha value is -1.53. The van der Waals surface area contributed by atoms with Gasteiger partial charge in [-0.25, -0.2) is 0 Å². The van der Waals surface area contributed by atoms with Crippen LogP contribution in [0.15, 0.2) is 6.07 Å². The van der Waals surface area contributed by atoms with Crippen LogP contribution >= 0.6 is 0 Å². The number of halogens is 3. The van der Waals surface area contributed by atoms with E-state index in [9.17, 15) is 18.0 Å². The van der Waals surface area contributed by atoms with Crippen molar-refractivity contribution in [3.8, 4) is 0 Å². The molecule has 0 aromatic carbocycles. The Kier molecular flexibility index (Phi) is 3.56. The molecule has 0 aliphatic carbocycles. The molecule has 16 heavy (non-hydrogen) atoms. The quantitative estimate of drug-likeness (QED) is 0.864. The van der Waals surface area contributed by atoms with Gasteiger partial charge in [0, 0.05) is 12.6 Å². The first-order valence-electron chi connectivity index (χ1n) is 4.81. The van der Waals surface area contributed by atoms with E-state index in [4.69, 9.17) is 5.73 Å². The lowest BCUT2D eigenvalue weighted by Crippen LogP contribution is -2.17. The number of carbonyl (C=O) groups is 1. The summed E-state index contributed by atoms with van der Waals surface area (Å²) in [5.74, 6) is -0.904. The van der Waals surface area contributed by atoms with E-state index in [1.807, 2.05) is 6.92 Å². The summed E-state index contributed by atoms with van der Waals surface area (Å²) >= 11 is 0. The average Bonchev–Trinajstić information content (AvgIpc) is 2.57. The van der Waals surface area contributed by atoms with Crippen LogP contribution in [0.25, 0.3) is 0 Å². The van der Waals surface area contributed by atoms with Crippen molar-refractivity contribution in [1.29, 1.82) is 0 Å². The normalized spacial score (nSPS) is 11.8. The van der Waals surface area contributed by atoms with E-state index in [1.165, 1.54) is 0 Å². The highest BCUT2D eigenvalue weighted by Crippen LogP contribution is 2.28. The van der Waals surface area contributed by atoms with E-state index in [2.05, 4.69) is 5.10 Å². The van der Waals surface area contributed by atoms with E-state index in [-0.39, 0.29) is 12.2 Å². The van der Waals surface area contributed by atoms with Gasteiger partial charge in [0.1, 0.15) is 5.69 Å². The topological polar surface area (TPSA) is 60.9 Å². The second-order valence-corrected chi connectivity index (χ2v) is 3.35. The molecule has 0 spiro atoms. The minimum Gasteiger partial charge on any atom is -0.364 e. The molecule has 1 heterocycles. The van der Waals surface area contributed by atoms with Crippen LogP contribution in [0, 0.1) is 0 Å². The molecular weight excluding hydrogens is 223 g/mol. The van der Waals surface area contributed by atoms with Gasteiger partial charge in [-0.05, 0) is 6.42 Å². The zero-order chi connectivity index (χ0) is 12.3. The van der Waals surface area contributed by atoms with E-state index in [1.54, 1.807) is 0 Å². The summed E-state index contributed by atoms with van der Waals surface area (Å²) in [5, 5.41) is 3.33. The summed E-state index contributed by atoms with van der Waals surface area (Å²) in [6.45, 7) is 2.14. The number of hydrogen-bond acceptors (Lipinski definition) is 2. The maximum atomic E-state index is 12.3. The number of unbranched alkanes of at least 4 members (excludes halogenated alkanes) is 1. The third kappa shape index (κ3) is 2.74. The molecule has 0 aliphatic heterocycles. The van der Waals surface area contributed by atoms with Crippen LogP contribution in [0.1, 0.15) is 35.9 Å². The summed E-state index contributed by atoms with van der Waals surface area (Å²) in [4.78, 5) is 10.9. The van der Waals surface area contributed by atoms with Gasteiger partial charge in [0.2, 0.25) is 0 Å². The largest absolute Gasteiger partial charge is 0.435 e. The Morgan fingerprint density at radius 2 is 2.19 bits per heavy atom. The second-order valence-electron chi connectivity index (χ2n) is 3.35. The van der Waals surface area contributed by atoms with E-state index >= 15 is 0 Å².